The van der Waals surface area contributed by atoms with E-state index in [4.69, 9.17) is 4.42 Å². The number of aryl methyl sites for hydroxylation is 1. The molecule has 8 heteroatoms. The van der Waals surface area contributed by atoms with E-state index in [-0.39, 0.29) is 6.03 Å². The van der Waals surface area contributed by atoms with Crippen LogP contribution in [0.25, 0.3) is 0 Å². The van der Waals surface area contributed by atoms with Gasteiger partial charge in [0, 0.05) is 19.6 Å². The molecular weight excluding hydrogens is 308 g/mol. The van der Waals surface area contributed by atoms with Crippen molar-refractivity contribution < 1.29 is 9.21 Å². The summed E-state index contributed by atoms with van der Waals surface area (Å²) in [6.45, 7) is 6.22. The highest BCUT2D eigenvalue weighted by Gasteiger charge is 2.21. The fourth-order valence-electron chi connectivity index (χ4n) is 2.99. The van der Waals surface area contributed by atoms with Crippen LogP contribution < -0.4 is 10.6 Å². The number of amides is 2. The van der Waals surface area contributed by atoms with Gasteiger partial charge in [0.05, 0.1) is 19.0 Å². The quantitative estimate of drug-likeness (QED) is 0.844. The summed E-state index contributed by atoms with van der Waals surface area (Å²) in [6, 6.07) is 3.68. The Labute approximate surface area is 141 Å². The third-order valence-corrected chi connectivity index (χ3v) is 4.22. The van der Waals surface area contributed by atoms with Crippen molar-refractivity contribution in [1.29, 1.82) is 0 Å². The zero-order valence-corrected chi connectivity index (χ0v) is 13.9. The van der Waals surface area contributed by atoms with Crippen molar-refractivity contribution >= 4 is 11.8 Å². The number of likely N-dealkylation sites (tertiary alicyclic amines) is 1. The average Bonchev–Trinajstić information content (AvgIpc) is 3.25. The van der Waals surface area contributed by atoms with E-state index in [1.54, 1.807) is 17.1 Å². The van der Waals surface area contributed by atoms with Gasteiger partial charge in [-0.05, 0) is 44.4 Å². The minimum atomic E-state index is -0.235. The van der Waals surface area contributed by atoms with Crippen molar-refractivity contribution in [3.63, 3.8) is 0 Å². The molecule has 3 heterocycles. The molecule has 2 amide bonds. The molecule has 130 valence electrons. The van der Waals surface area contributed by atoms with E-state index in [0.717, 1.165) is 44.8 Å². The van der Waals surface area contributed by atoms with E-state index in [1.165, 1.54) is 0 Å². The number of hydrogen-bond acceptors (Lipinski definition) is 5. The number of aromatic nitrogens is 3. The molecule has 0 spiro atoms. The molecule has 1 fully saturated rings. The lowest BCUT2D eigenvalue weighted by Gasteiger charge is -2.32. The highest BCUT2D eigenvalue weighted by molar-refractivity contribution is 5.87. The second kappa shape index (κ2) is 7.96. The van der Waals surface area contributed by atoms with Gasteiger partial charge in [0.1, 0.15) is 5.76 Å². The number of urea groups is 1. The molecule has 0 bridgehead atoms. The molecule has 2 aromatic heterocycles. The van der Waals surface area contributed by atoms with Gasteiger partial charge in [-0.1, -0.05) is 5.21 Å². The van der Waals surface area contributed by atoms with Gasteiger partial charge in [0.25, 0.3) is 0 Å². The Morgan fingerprint density at radius 1 is 1.50 bits per heavy atom. The van der Waals surface area contributed by atoms with E-state index in [1.807, 2.05) is 19.1 Å². The van der Waals surface area contributed by atoms with Crippen molar-refractivity contribution in [3.8, 4) is 0 Å². The van der Waals surface area contributed by atoms with Crippen molar-refractivity contribution in [2.75, 3.05) is 25.0 Å². The molecule has 2 N–H and O–H groups in total. The number of nitrogens with zero attached hydrogens (tertiary/aromatic N) is 4. The monoisotopic (exact) mass is 332 g/mol. The van der Waals surface area contributed by atoms with Crippen LogP contribution in [0.2, 0.25) is 0 Å². The molecule has 2 aromatic rings. The molecule has 0 radical (unpaired) electrons. The van der Waals surface area contributed by atoms with Crippen molar-refractivity contribution in [1.82, 2.24) is 25.2 Å². The molecule has 0 unspecified atom stereocenters. The summed E-state index contributed by atoms with van der Waals surface area (Å²) in [7, 11) is 0. The molecule has 3 rings (SSSR count). The van der Waals surface area contributed by atoms with Gasteiger partial charge in [-0.25, -0.2) is 4.79 Å². The van der Waals surface area contributed by atoms with Gasteiger partial charge in [-0.15, -0.1) is 5.10 Å². The fourth-order valence-corrected chi connectivity index (χ4v) is 2.99. The number of piperidine rings is 1. The molecule has 1 saturated heterocycles. The number of carbonyl (C=O) groups excluding carboxylic acids is 1. The minimum absolute atomic E-state index is 0.235. The molecule has 1 atom stereocenters. The van der Waals surface area contributed by atoms with Gasteiger partial charge in [-0.3, -0.25) is 14.9 Å². The van der Waals surface area contributed by atoms with E-state index in [9.17, 15) is 4.79 Å². The fraction of sp³-hybridized carbons (Fsp3) is 0.562. The molecule has 0 aliphatic carbocycles. The maximum absolute atomic E-state index is 12.0. The molecular formula is C16H24N6O2. The average molecular weight is 332 g/mol. The highest BCUT2D eigenvalue weighted by Crippen LogP contribution is 2.18. The first kappa shape index (κ1) is 16.5. The second-order valence-corrected chi connectivity index (χ2v) is 6.12. The van der Waals surface area contributed by atoms with Crippen molar-refractivity contribution in [2.45, 2.75) is 32.9 Å². The largest absolute Gasteiger partial charge is 0.468 e. The number of furan rings is 1. The summed E-state index contributed by atoms with van der Waals surface area (Å²) in [5, 5.41) is 13.4. The number of nitrogens with one attached hydrogen (secondary N) is 2. The predicted octanol–water partition coefficient (Wildman–Crippen LogP) is 1.92. The van der Waals surface area contributed by atoms with Crippen LogP contribution in [0.3, 0.4) is 0 Å². The Kier molecular flexibility index (Phi) is 5.47. The number of rotatable bonds is 6. The first-order valence-corrected chi connectivity index (χ1v) is 8.42. The van der Waals surface area contributed by atoms with Crippen LogP contribution in [0.15, 0.2) is 29.0 Å². The molecule has 1 aliphatic heterocycles. The van der Waals surface area contributed by atoms with Crippen molar-refractivity contribution in [2.24, 2.45) is 5.92 Å². The van der Waals surface area contributed by atoms with E-state index in [0.29, 0.717) is 18.3 Å². The van der Waals surface area contributed by atoms with Gasteiger partial charge in [0.2, 0.25) is 0 Å². The maximum Gasteiger partial charge on any atom is 0.320 e. The van der Waals surface area contributed by atoms with Crippen LogP contribution in [0.5, 0.6) is 0 Å². The molecule has 24 heavy (non-hydrogen) atoms. The normalized spacial score (nSPS) is 18.5. The number of hydrogen-bond donors (Lipinski definition) is 2. The Balaban J connectivity index is 1.41. The summed E-state index contributed by atoms with van der Waals surface area (Å²) in [5.41, 5.74) is 0. The van der Waals surface area contributed by atoms with Gasteiger partial charge >= 0.3 is 6.03 Å². The summed E-state index contributed by atoms with van der Waals surface area (Å²) >= 11 is 0. The Morgan fingerprint density at radius 3 is 3.17 bits per heavy atom. The maximum atomic E-state index is 12.0. The van der Waals surface area contributed by atoms with E-state index < -0.39 is 0 Å². The SMILES string of the molecule is CCn1cc(NC(=O)NC[C@H]2CCCN(Cc3ccco3)C2)nn1. The van der Waals surface area contributed by atoms with E-state index >= 15 is 0 Å². The van der Waals surface area contributed by atoms with Crippen LogP contribution in [-0.2, 0) is 13.1 Å². The Bertz CT molecular complexity index is 639. The Morgan fingerprint density at radius 2 is 2.42 bits per heavy atom. The minimum Gasteiger partial charge on any atom is -0.468 e. The first-order chi connectivity index (χ1) is 11.7. The summed E-state index contributed by atoms with van der Waals surface area (Å²) in [5.74, 6) is 1.91. The molecule has 0 saturated carbocycles. The summed E-state index contributed by atoms with van der Waals surface area (Å²) in [4.78, 5) is 14.3. The highest BCUT2D eigenvalue weighted by atomic mass is 16.3. The summed E-state index contributed by atoms with van der Waals surface area (Å²) in [6.07, 6.45) is 5.68. The third kappa shape index (κ3) is 4.58. The summed E-state index contributed by atoms with van der Waals surface area (Å²) < 4.78 is 7.08. The standard InChI is InChI=1S/C16H24N6O2/c1-2-22-12-15(19-20-22)18-16(23)17-9-13-5-3-7-21(10-13)11-14-6-4-8-24-14/h4,6,8,12-13H,2-3,5,7,9-11H2,1H3,(H2,17,18,23)/t13-/m1/s1. The van der Waals surface area contributed by atoms with Crippen LogP contribution in [0, 0.1) is 5.92 Å². The number of anilines is 1. The zero-order chi connectivity index (χ0) is 16.8. The molecule has 8 nitrogen and oxygen atoms in total. The van der Waals surface area contributed by atoms with Gasteiger partial charge in [0.15, 0.2) is 5.82 Å². The predicted molar refractivity (Wildman–Crippen MR) is 89.4 cm³/mol. The zero-order valence-electron chi connectivity index (χ0n) is 13.9. The smallest absolute Gasteiger partial charge is 0.320 e. The van der Waals surface area contributed by atoms with E-state index in [2.05, 4.69) is 25.8 Å². The van der Waals surface area contributed by atoms with Crippen LogP contribution in [0.1, 0.15) is 25.5 Å². The van der Waals surface area contributed by atoms with Crippen LogP contribution in [0.4, 0.5) is 10.6 Å². The lowest BCUT2D eigenvalue weighted by molar-refractivity contribution is 0.156. The van der Waals surface area contributed by atoms with Gasteiger partial charge in [-0.2, -0.15) is 0 Å². The number of carbonyl (C=O) groups is 1. The van der Waals surface area contributed by atoms with Crippen LogP contribution >= 0.6 is 0 Å². The molecule has 0 aromatic carbocycles. The second-order valence-electron chi connectivity index (χ2n) is 6.12. The topological polar surface area (TPSA) is 88.2 Å². The van der Waals surface area contributed by atoms with Crippen molar-refractivity contribution in [3.05, 3.63) is 30.4 Å². The van der Waals surface area contributed by atoms with Crippen LogP contribution in [-0.4, -0.2) is 45.6 Å². The lowest BCUT2D eigenvalue weighted by atomic mass is 9.98. The first-order valence-electron chi connectivity index (χ1n) is 8.42. The third-order valence-electron chi connectivity index (χ3n) is 4.22. The lowest BCUT2D eigenvalue weighted by Crippen LogP contribution is -2.41. The van der Waals surface area contributed by atoms with Gasteiger partial charge < -0.3 is 9.73 Å². The molecule has 1 aliphatic rings. The Hall–Kier alpha value is -2.35.